The van der Waals surface area contributed by atoms with Crippen LogP contribution in [-0.4, -0.2) is 30.1 Å². The molecule has 0 saturated heterocycles. The predicted octanol–water partition coefficient (Wildman–Crippen LogP) is 2.87. The number of benzene rings is 1. The average molecular weight is 314 g/mol. The Labute approximate surface area is 129 Å². The van der Waals surface area contributed by atoms with E-state index in [4.69, 9.17) is 21.4 Å². The number of unbranched alkanes of at least 4 members (excludes halogenated alkanes) is 3. The van der Waals surface area contributed by atoms with Crippen LogP contribution >= 0.6 is 11.6 Å². The number of rotatable bonds is 10. The van der Waals surface area contributed by atoms with Gasteiger partial charge in [0.15, 0.2) is 6.61 Å². The monoisotopic (exact) mass is 313 g/mol. The van der Waals surface area contributed by atoms with E-state index in [0.717, 1.165) is 19.3 Å². The van der Waals surface area contributed by atoms with Crippen molar-refractivity contribution < 1.29 is 19.4 Å². The van der Waals surface area contributed by atoms with Crippen molar-refractivity contribution in [2.24, 2.45) is 0 Å². The van der Waals surface area contributed by atoms with Gasteiger partial charge in [0, 0.05) is 13.0 Å². The maximum Gasteiger partial charge on any atom is 0.303 e. The molecule has 1 aromatic rings. The molecule has 1 rings (SSSR count). The van der Waals surface area contributed by atoms with Gasteiger partial charge in [0.2, 0.25) is 0 Å². The molecule has 0 spiro atoms. The lowest BCUT2D eigenvalue weighted by atomic mass is 10.1. The van der Waals surface area contributed by atoms with E-state index in [1.54, 1.807) is 24.3 Å². The van der Waals surface area contributed by atoms with Gasteiger partial charge in [-0.15, -0.1) is 0 Å². The molecule has 2 N–H and O–H groups in total. The molecule has 0 saturated carbocycles. The van der Waals surface area contributed by atoms with Crippen molar-refractivity contribution in [1.29, 1.82) is 0 Å². The summed E-state index contributed by atoms with van der Waals surface area (Å²) in [5.74, 6) is -0.469. The molecule has 0 bridgehead atoms. The molecule has 1 amide bonds. The number of carbonyl (C=O) groups excluding carboxylic acids is 1. The largest absolute Gasteiger partial charge is 0.482 e. The van der Waals surface area contributed by atoms with E-state index in [1.807, 2.05) is 0 Å². The van der Waals surface area contributed by atoms with Crippen molar-refractivity contribution in [3.63, 3.8) is 0 Å². The topological polar surface area (TPSA) is 75.6 Å². The van der Waals surface area contributed by atoms with Gasteiger partial charge in [0.25, 0.3) is 5.91 Å². The van der Waals surface area contributed by atoms with Gasteiger partial charge in [0.1, 0.15) is 5.75 Å². The van der Waals surface area contributed by atoms with Crippen LogP contribution in [0.4, 0.5) is 0 Å². The maximum absolute atomic E-state index is 11.5. The highest BCUT2D eigenvalue weighted by Crippen LogP contribution is 2.22. The van der Waals surface area contributed by atoms with Gasteiger partial charge in [-0.3, -0.25) is 9.59 Å². The van der Waals surface area contributed by atoms with E-state index >= 15 is 0 Å². The van der Waals surface area contributed by atoms with Gasteiger partial charge in [-0.1, -0.05) is 36.6 Å². The van der Waals surface area contributed by atoms with Crippen molar-refractivity contribution in [3.8, 4) is 5.75 Å². The fourth-order valence-electron chi connectivity index (χ4n) is 1.74. The lowest BCUT2D eigenvalue weighted by Crippen LogP contribution is -2.29. The first kappa shape index (κ1) is 17.3. The molecular weight excluding hydrogens is 294 g/mol. The third-order valence-electron chi connectivity index (χ3n) is 2.84. The summed E-state index contributed by atoms with van der Waals surface area (Å²) in [5.41, 5.74) is 0. The minimum absolute atomic E-state index is 0.0667. The fraction of sp³-hybridized carbons (Fsp3) is 0.467. The number of nitrogens with one attached hydrogen (secondary N) is 1. The number of hydrogen-bond donors (Lipinski definition) is 2. The molecule has 21 heavy (non-hydrogen) atoms. The number of carboxylic acids is 1. The van der Waals surface area contributed by atoms with Crippen LogP contribution in [0.3, 0.4) is 0 Å². The third-order valence-corrected chi connectivity index (χ3v) is 3.15. The summed E-state index contributed by atoms with van der Waals surface area (Å²) in [6.45, 7) is 0.501. The molecule has 6 heteroatoms. The minimum atomic E-state index is -0.764. The smallest absolute Gasteiger partial charge is 0.303 e. The second kappa shape index (κ2) is 10.0. The number of carboxylic acid groups (broad SMARTS) is 1. The van der Waals surface area contributed by atoms with Crippen LogP contribution in [0.25, 0.3) is 0 Å². The van der Waals surface area contributed by atoms with Gasteiger partial charge in [0.05, 0.1) is 5.02 Å². The number of amides is 1. The van der Waals surface area contributed by atoms with E-state index in [1.165, 1.54) is 0 Å². The van der Waals surface area contributed by atoms with E-state index in [-0.39, 0.29) is 18.9 Å². The number of carbonyl (C=O) groups is 2. The number of aliphatic carboxylic acids is 1. The van der Waals surface area contributed by atoms with E-state index in [9.17, 15) is 9.59 Å². The highest BCUT2D eigenvalue weighted by molar-refractivity contribution is 6.32. The molecule has 0 aromatic heterocycles. The van der Waals surface area contributed by atoms with Crippen molar-refractivity contribution in [1.82, 2.24) is 5.32 Å². The SMILES string of the molecule is O=C(O)CCCCCCNC(=O)COc1ccccc1Cl. The Morgan fingerprint density at radius 3 is 2.57 bits per heavy atom. The molecular formula is C15H20ClNO4. The van der Waals surface area contributed by atoms with Crippen LogP contribution in [0.2, 0.25) is 5.02 Å². The Kier molecular flexibility index (Phi) is 8.28. The summed E-state index contributed by atoms with van der Waals surface area (Å²) >= 11 is 5.91. The highest BCUT2D eigenvalue weighted by Gasteiger charge is 2.04. The molecule has 116 valence electrons. The molecule has 5 nitrogen and oxygen atoms in total. The van der Waals surface area contributed by atoms with Crippen LogP contribution in [-0.2, 0) is 9.59 Å². The number of para-hydroxylation sites is 1. The number of ether oxygens (including phenoxy) is 1. The summed E-state index contributed by atoms with van der Waals surface area (Å²) in [7, 11) is 0. The van der Waals surface area contributed by atoms with Crippen molar-refractivity contribution in [2.75, 3.05) is 13.2 Å². The second-order valence-corrected chi connectivity index (χ2v) is 5.03. The summed E-state index contributed by atoms with van der Waals surface area (Å²) < 4.78 is 5.31. The molecule has 0 unspecified atom stereocenters. The van der Waals surface area contributed by atoms with Gasteiger partial charge >= 0.3 is 5.97 Å². The van der Waals surface area contributed by atoms with Gasteiger partial charge < -0.3 is 15.2 Å². The zero-order chi connectivity index (χ0) is 15.5. The number of halogens is 1. The molecule has 0 fully saturated rings. The molecule has 0 aliphatic rings. The molecule has 0 aliphatic heterocycles. The third kappa shape index (κ3) is 8.19. The van der Waals surface area contributed by atoms with Crippen LogP contribution in [0, 0.1) is 0 Å². The molecule has 0 heterocycles. The predicted molar refractivity (Wildman–Crippen MR) is 80.7 cm³/mol. The van der Waals surface area contributed by atoms with Crippen LogP contribution in [0.15, 0.2) is 24.3 Å². The first-order valence-corrected chi connectivity index (χ1v) is 7.33. The van der Waals surface area contributed by atoms with Crippen LogP contribution in [0.5, 0.6) is 5.75 Å². The molecule has 1 aromatic carbocycles. The molecule has 0 aliphatic carbocycles. The zero-order valence-electron chi connectivity index (χ0n) is 11.8. The summed E-state index contributed by atoms with van der Waals surface area (Å²) in [5, 5.41) is 11.7. The first-order valence-electron chi connectivity index (χ1n) is 6.95. The lowest BCUT2D eigenvalue weighted by molar-refractivity contribution is -0.137. The summed E-state index contributed by atoms with van der Waals surface area (Å²) in [6.07, 6.45) is 3.48. The van der Waals surface area contributed by atoms with Crippen LogP contribution < -0.4 is 10.1 Å². The average Bonchev–Trinajstić information content (AvgIpc) is 2.45. The minimum Gasteiger partial charge on any atom is -0.482 e. The summed E-state index contributed by atoms with van der Waals surface area (Å²) in [4.78, 5) is 21.9. The Morgan fingerprint density at radius 1 is 1.14 bits per heavy atom. The quantitative estimate of drug-likeness (QED) is 0.651. The van der Waals surface area contributed by atoms with Crippen LogP contribution in [0.1, 0.15) is 32.1 Å². The highest BCUT2D eigenvalue weighted by atomic mass is 35.5. The van der Waals surface area contributed by atoms with Gasteiger partial charge in [-0.05, 0) is 25.0 Å². The number of hydrogen-bond acceptors (Lipinski definition) is 3. The van der Waals surface area contributed by atoms with Gasteiger partial charge in [-0.2, -0.15) is 0 Å². The Hall–Kier alpha value is -1.75. The fourth-order valence-corrected chi connectivity index (χ4v) is 1.93. The standard InChI is InChI=1S/C15H20ClNO4/c16-12-7-4-5-8-13(12)21-11-14(18)17-10-6-2-1-3-9-15(19)20/h4-5,7-8H,1-3,6,9-11H2,(H,17,18)(H,19,20). The lowest BCUT2D eigenvalue weighted by Gasteiger charge is -2.08. The van der Waals surface area contributed by atoms with Crippen molar-refractivity contribution >= 4 is 23.5 Å². The molecule has 0 atom stereocenters. The van der Waals surface area contributed by atoms with Crippen molar-refractivity contribution in [2.45, 2.75) is 32.1 Å². The summed E-state index contributed by atoms with van der Waals surface area (Å²) in [6, 6.07) is 6.99. The van der Waals surface area contributed by atoms with E-state index in [0.29, 0.717) is 23.7 Å². The van der Waals surface area contributed by atoms with Gasteiger partial charge in [-0.25, -0.2) is 0 Å². The Morgan fingerprint density at radius 2 is 1.86 bits per heavy atom. The Bertz CT molecular complexity index is 465. The zero-order valence-corrected chi connectivity index (χ0v) is 12.6. The van der Waals surface area contributed by atoms with Crippen molar-refractivity contribution in [3.05, 3.63) is 29.3 Å². The van der Waals surface area contributed by atoms with E-state index < -0.39 is 5.97 Å². The normalized spacial score (nSPS) is 10.1. The second-order valence-electron chi connectivity index (χ2n) is 4.63. The first-order chi connectivity index (χ1) is 10.1. The maximum atomic E-state index is 11.5. The Balaban J connectivity index is 2.04. The van der Waals surface area contributed by atoms with E-state index in [2.05, 4.69) is 5.32 Å². The molecule has 0 radical (unpaired) electrons.